The van der Waals surface area contributed by atoms with Gasteiger partial charge in [-0.1, -0.05) is 18.5 Å². The first-order chi connectivity index (χ1) is 16.1. The zero-order valence-electron chi connectivity index (χ0n) is 18.8. The normalized spacial score (nSPS) is 24.9. The predicted octanol–water partition coefficient (Wildman–Crippen LogP) is 3.55. The molecule has 1 fully saturated rings. The summed E-state index contributed by atoms with van der Waals surface area (Å²) < 4.78 is 16.8. The quantitative estimate of drug-likeness (QED) is 0.347. The average Bonchev–Trinajstić information content (AvgIpc) is 3.23. The van der Waals surface area contributed by atoms with Gasteiger partial charge in [-0.2, -0.15) is 0 Å². The van der Waals surface area contributed by atoms with Crippen molar-refractivity contribution in [2.45, 2.75) is 51.4 Å². The number of aromatic nitrogens is 4. The highest BCUT2D eigenvalue weighted by Gasteiger charge is 2.50. The third-order valence-electron chi connectivity index (χ3n) is 7.22. The molecule has 1 aliphatic rings. The largest absolute Gasteiger partial charge is 0.390 e. The van der Waals surface area contributed by atoms with Crippen molar-refractivity contribution in [1.29, 1.82) is 0 Å². The van der Waals surface area contributed by atoms with E-state index in [1.807, 2.05) is 24.5 Å². The van der Waals surface area contributed by atoms with Crippen LogP contribution in [0.4, 0.5) is 16.0 Å². The second kappa shape index (κ2) is 8.04. The van der Waals surface area contributed by atoms with Crippen LogP contribution in [-0.4, -0.2) is 41.9 Å². The van der Waals surface area contributed by atoms with Crippen molar-refractivity contribution in [1.82, 2.24) is 19.5 Å². The van der Waals surface area contributed by atoms with Crippen molar-refractivity contribution in [2.24, 2.45) is 5.41 Å². The van der Waals surface area contributed by atoms with Crippen LogP contribution in [0.25, 0.3) is 21.9 Å². The molecule has 3 heterocycles. The fourth-order valence-electron chi connectivity index (χ4n) is 5.27. The monoisotopic (exact) mass is 484 g/mol. The van der Waals surface area contributed by atoms with E-state index in [1.165, 1.54) is 12.4 Å². The number of aryl methyl sites for hydroxylation is 2. The molecule has 0 spiro atoms. The van der Waals surface area contributed by atoms with E-state index in [1.54, 1.807) is 12.1 Å². The Hall–Kier alpha value is -3.01. The van der Waals surface area contributed by atoms with E-state index in [2.05, 4.69) is 15.0 Å². The second-order valence-corrected chi connectivity index (χ2v) is 9.91. The summed E-state index contributed by atoms with van der Waals surface area (Å²) >= 11 is 6.01. The second-order valence-electron chi connectivity index (χ2n) is 9.50. The van der Waals surface area contributed by atoms with Gasteiger partial charge >= 0.3 is 0 Å². The van der Waals surface area contributed by atoms with E-state index >= 15 is 0 Å². The summed E-state index contributed by atoms with van der Waals surface area (Å²) in [6.45, 7) is 3.82. The number of anilines is 2. The summed E-state index contributed by atoms with van der Waals surface area (Å²) in [5, 5.41) is 23.6. The van der Waals surface area contributed by atoms with Gasteiger partial charge in [0.2, 0.25) is 0 Å². The van der Waals surface area contributed by atoms with Gasteiger partial charge in [-0.05, 0) is 61.4 Å². The number of rotatable bonds is 4. The molecule has 3 aromatic heterocycles. The van der Waals surface area contributed by atoms with Crippen LogP contribution in [0, 0.1) is 18.2 Å². The average molecular weight is 485 g/mol. The Labute approximate surface area is 200 Å². The Balaban J connectivity index is 1.43. The van der Waals surface area contributed by atoms with Crippen LogP contribution >= 0.6 is 11.6 Å². The molecule has 0 radical (unpaired) electrons. The number of nitrogens with zero attached hydrogens (tertiary/aromatic N) is 4. The minimum absolute atomic E-state index is 0.189. The summed E-state index contributed by atoms with van der Waals surface area (Å²) in [5.41, 5.74) is 13.7. The lowest BCUT2D eigenvalue weighted by Crippen LogP contribution is -2.35. The number of nitrogen functional groups attached to an aromatic ring is 2. The third kappa shape index (κ3) is 3.55. The van der Waals surface area contributed by atoms with E-state index in [9.17, 15) is 14.6 Å². The van der Waals surface area contributed by atoms with E-state index in [-0.39, 0.29) is 16.7 Å². The predicted molar refractivity (Wildman–Crippen MR) is 130 cm³/mol. The standard InChI is InChI=1S/C24H26ClFN6O2/c1-11-5-14-21(27)29-10-30-23(14)32(11)18-9-24(2,20(34)19(18)33)4-3-12-8-17-13(7-16(12)26)6-15(25)22(28)31-17/h5-8,10,18-20,33-34H,3-4,9H2,1-2H3,(H2,28,31)(H2,27,29,30)/t18-,19+,20+,24?/m1/s1. The number of hydrogen-bond acceptors (Lipinski definition) is 7. The molecule has 5 rings (SSSR count). The molecule has 0 aliphatic heterocycles. The van der Waals surface area contributed by atoms with Crippen LogP contribution in [0.1, 0.15) is 37.1 Å². The first-order valence-electron chi connectivity index (χ1n) is 11.1. The molecule has 0 bridgehead atoms. The Morgan fingerprint density at radius 3 is 2.71 bits per heavy atom. The molecule has 1 aliphatic carbocycles. The van der Waals surface area contributed by atoms with Crippen molar-refractivity contribution in [2.75, 3.05) is 11.5 Å². The number of pyridine rings is 1. The molecule has 34 heavy (non-hydrogen) atoms. The topological polar surface area (TPSA) is 136 Å². The summed E-state index contributed by atoms with van der Waals surface area (Å²) in [4.78, 5) is 12.7. The highest BCUT2D eigenvalue weighted by Crippen LogP contribution is 2.48. The molecule has 4 aromatic rings. The number of aliphatic hydroxyl groups is 2. The number of fused-ring (bicyclic) bond motifs is 2. The molecule has 0 saturated heterocycles. The molecule has 8 nitrogen and oxygen atoms in total. The number of aliphatic hydroxyl groups excluding tert-OH is 2. The number of halogens is 2. The van der Waals surface area contributed by atoms with Crippen molar-refractivity contribution < 1.29 is 14.6 Å². The minimum Gasteiger partial charge on any atom is -0.390 e. The number of benzene rings is 1. The lowest BCUT2D eigenvalue weighted by Gasteiger charge is -2.28. The fraction of sp³-hybridized carbons (Fsp3) is 0.375. The lowest BCUT2D eigenvalue weighted by atomic mass is 9.80. The SMILES string of the molecule is Cc1cc2c(N)ncnc2n1[C@@H]1CC(C)(CCc2cc3nc(N)c(Cl)cc3cc2F)[C@@H](O)[C@H]1O. The maximum atomic E-state index is 14.8. The van der Waals surface area contributed by atoms with Gasteiger partial charge < -0.3 is 26.2 Å². The smallest absolute Gasteiger partial charge is 0.146 e. The van der Waals surface area contributed by atoms with Crippen LogP contribution in [-0.2, 0) is 6.42 Å². The van der Waals surface area contributed by atoms with Gasteiger partial charge in [0.25, 0.3) is 0 Å². The molecule has 1 unspecified atom stereocenters. The van der Waals surface area contributed by atoms with E-state index < -0.39 is 23.7 Å². The Morgan fingerprint density at radius 2 is 1.94 bits per heavy atom. The van der Waals surface area contributed by atoms with Gasteiger partial charge in [-0.15, -0.1) is 0 Å². The number of nitrogens with two attached hydrogens (primary N) is 2. The minimum atomic E-state index is -1.01. The molecule has 1 saturated carbocycles. The van der Waals surface area contributed by atoms with Crippen molar-refractivity contribution in [3.05, 3.63) is 52.7 Å². The number of hydrogen-bond donors (Lipinski definition) is 4. The highest BCUT2D eigenvalue weighted by atomic mass is 35.5. The zero-order chi connectivity index (χ0) is 24.4. The lowest BCUT2D eigenvalue weighted by molar-refractivity contribution is -0.0243. The summed E-state index contributed by atoms with van der Waals surface area (Å²) in [7, 11) is 0. The van der Waals surface area contributed by atoms with Gasteiger partial charge in [-0.3, -0.25) is 0 Å². The van der Waals surface area contributed by atoms with Crippen LogP contribution in [0.2, 0.25) is 5.02 Å². The molecule has 10 heteroatoms. The van der Waals surface area contributed by atoms with Crippen LogP contribution in [0.3, 0.4) is 0 Å². The molecular weight excluding hydrogens is 459 g/mol. The van der Waals surface area contributed by atoms with E-state index in [4.69, 9.17) is 23.1 Å². The first-order valence-corrected chi connectivity index (χ1v) is 11.4. The van der Waals surface area contributed by atoms with Crippen LogP contribution < -0.4 is 11.5 Å². The molecule has 1 aromatic carbocycles. The van der Waals surface area contributed by atoms with Crippen molar-refractivity contribution in [3.63, 3.8) is 0 Å². The van der Waals surface area contributed by atoms with Crippen LogP contribution in [0.5, 0.6) is 0 Å². The van der Waals surface area contributed by atoms with E-state index in [0.29, 0.717) is 52.6 Å². The molecule has 6 N–H and O–H groups in total. The van der Waals surface area contributed by atoms with Gasteiger partial charge in [0.15, 0.2) is 0 Å². The fourth-order valence-corrected chi connectivity index (χ4v) is 5.43. The third-order valence-corrected chi connectivity index (χ3v) is 7.53. The molecular formula is C24H26ClFN6O2. The Morgan fingerprint density at radius 1 is 1.18 bits per heavy atom. The highest BCUT2D eigenvalue weighted by molar-refractivity contribution is 6.33. The van der Waals surface area contributed by atoms with E-state index in [0.717, 1.165) is 5.69 Å². The van der Waals surface area contributed by atoms with Crippen LogP contribution in [0.15, 0.2) is 30.6 Å². The van der Waals surface area contributed by atoms with Gasteiger partial charge in [0.1, 0.15) is 35.5 Å². The zero-order valence-corrected chi connectivity index (χ0v) is 19.6. The van der Waals surface area contributed by atoms with Crippen molar-refractivity contribution in [3.8, 4) is 0 Å². The molecule has 0 amide bonds. The summed E-state index contributed by atoms with van der Waals surface area (Å²) in [5.74, 6) is 0.183. The Bertz CT molecular complexity index is 1430. The van der Waals surface area contributed by atoms with Gasteiger partial charge in [-0.25, -0.2) is 19.3 Å². The Kier molecular flexibility index (Phi) is 5.38. The molecule has 178 valence electrons. The summed E-state index contributed by atoms with van der Waals surface area (Å²) in [6, 6.07) is 6.13. The summed E-state index contributed by atoms with van der Waals surface area (Å²) in [6.07, 6.45) is 0.688. The maximum absolute atomic E-state index is 14.8. The molecule has 4 atom stereocenters. The van der Waals surface area contributed by atoms with Gasteiger partial charge in [0.05, 0.1) is 28.1 Å². The maximum Gasteiger partial charge on any atom is 0.146 e. The first kappa shape index (κ1) is 22.8. The van der Waals surface area contributed by atoms with Gasteiger partial charge in [0, 0.05) is 11.1 Å². The van der Waals surface area contributed by atoms with Crippen molar-refractivity contribution >= 4 is 45.2 Å².